The molecule has 1 aromatic carbocycles. The van der Waals surface area contributed by atoms with E-state index in [1.54, 1.807) is 18.2 Å². The Morgan fingerprint density at radius 3 is 2.88 bits per heavy atom. The molecule has 1 aromatic rings. The topological polar surface area (TPSA) is 55.1 Å². The molecule has 1 rings (SSSR count). The van der Waals surface area contributed by atoms with Crippen LogP contribution in [-0.2, 0) is 4.79 Å². The molecule has 0 aliphatic carbocycles. The highest BCUT2D eigenvalue weighted by atomic mass is 32.2. The lowest BCUT2D eigenvalue weighted by atomic mass is 10.2. The first-order valence-corrected chi connectivity index (χ1v) is 6.61. The number of carbonyl (C=O) groups excluding carboxylic acids is 1. The van der Waals surface area contributed by atoms with E-state index in [4.69, 9.17) is 5.73 Å². The lowest BCUT2D eigenvalue weighted by molar-refractivity contribution is -0.113. The van der Waals surface area contributed by atoms with Crippen LogP contribution in [0.1, 0.15) is 6.92 Å². The van der Waals surface area contributed by atoms with Crippen molar-refractivity contribution in [3.8, 4) is 0 Å². The molecule has 0 spiro atoms. The standard InChI is InChI=1S/C12H17FN2OS/c1-9(6-14)7-17-8-12(16)15-11-5-3-2-4-10(11)13/h2-5,9H,6-8,14H2,1H3,(H,15,16). The van der Waals surface area contributed by atoms with Crippen LogP contribution in [-0.4, -0.2) is 24.0 Å². The zero-order chi connectivity index (χ0) is 12.7. The summed E-state index contributed by atoms with van der Waals surface area (Å²) in [5.41, 5.74) is 5.70. The van der Waals surface area contributed by atoms with E-state index in [9.17, 15) is 9.18 Å². The monoisotopic (exact) mass is 256 g/mol. The number of benzene rings is 1. The van der Waals surface area contributed by atoms with E-state index in [1.165, 1.54) is 17.8 Å². The summed E-state index contributed by atoms with van der Waals surface area (Å²) in [7, 11) is 0. The highest BCUT2D eigenvalue weighted by molar-refractivity contribution is 7.99. The fraction of sp³-hybridized carbons (Fsp3) is 0.417. The van der Waals surface area contributed by atoms with Crippen LogP contribution in [0.25, 0.3) is 0 Å². The van der Waals surface area contributed by atoms with Crippen molar-refractivity contribution in [2.24, 2.45) is 11.7 Å². The molecule has 0 heterocycles. The molecule has 0 aliphatic heterocycles. The molecular formula is C12H17FN2OS. The van der Waals surface area contributed by atoms with Gasteiger partial charge in [-0.2, -0.15) is 11.8 Å². The quantitative estimate of drug-likeness (QED) is 0.819. The van der Waals surface area contributed by atoms with Gasteiger partial charge in [0.15, 0.2) is 0 Å². The normalized spacial score (nSPS) is 12.2. The molecular weight excluding hydrogens is 239 g/mol. The molecule has 0 aromatic heterocycles. The summed E-state index contributed by atoms with van der Waals surface area (Å²) in [5, 5.41) is 2.54. The number of anilines is 1. The molecule has 0 bridgehead atoms. The Morgan fingerprint density at radius 1 is 1.53 bits per heavy atom. The fourth-order valence-corrected chi connectivity index (χ4v) is 2.08. The molecule has 3 N–H and O–H groups in total. The Balaban J connectivity index is 2.33. The second-order valence-corrected chi connectivity index (χ2v) is 4.91. The third kappa shape index (κ3) is 5.19. The first-order valence-electron chi connectivity index (χ1n) is 5.45. The van der Waals surface area contributed by atoms with Crippen LogP contribution in [0.5, 0.6) is 0 Å². The van der Waals surface area contributed by atoms with Gasteiger partial charge in [0.1, 0.15) is 5.82 Å². The third-order valence-corrected chi connectivity index (χ3v) is 3.46. The zero-order valence-electron chi connectivity index (χ0n) is 9.78. The number of para-hydroxylation sites is 1. The van der Waals surface area contributed by atoms with Crippen molar-refractivity contribution in [2.45, 2.75) is 6.92 Å². The predicted molar refractivity (Wildman–Crippen MR) is 70.6 cm³/mol. The van der Waals surface area contributed by atoms with Crippen molar-refractivity contribution in [3.05, 3.63) is 30.1 Å². The Kier molecular flexibility index (Phi) is 6.00. The number of amides is 1. The lowest BCUT2D eigenvalue weighted by Gasteiger charge is -2.08. The van der Waals surface area contributed by atoms with E-state index in [-0.39, 0.29) is 11.6 Å². The van der Waals surface area contributed by atoms with Gasteiger partial charge in [-0.15, -0.1) is 0 Å². The number of carbonyl (C=O) groups is 1. The summed E-state index contributed by atoms with van der Waals surface area (Å²) in [5.74, 6) is 0.937. The highest BCUT2D eigenvalue weighted by Crippen LogP contribution is 2.13. The van der Waals surface area contributed by atoms with Gasteiger partial charge in [0, 0.05) is 0 Å². The molecule has 0 fully saturated rings. The molecule has 0 radical (unpaired) electrons. The second kappa shape index (κ2) is 7.29. The lowest BCUT2D eigenvalue weighted by Crippen LogP contribution is -2.18. The van der Waals surface area contributed by atoms with Gasteiger partial charge in [0.05, 0.1) is 11.4 Å². The maximum Gasteiger partial charge on any atom is 0.234 e. The Morgan fingerprint density at radius 2 is 2.24 bits per heavy atom. The van der Waals surface area contributed by atoms with Crippen LogP contribution in [0.3, 0.4) is 0 Å². The van der Waals surface area contributed by atoms with Crippen LogP contribution in [0.15, 0.2) is 24.3 Å². The number of rotatable bonds is 6. The first kappa shape index (κ1) is 14.0. The number of thioether (sulfide) groups is 1. The minimum Gasteiger partial charge on any atom is -0.330 e. The van der Waals surface area contributed by atoms with Crippen LogP contribution in [0.4, 0.5) is 10.1 Å². The van der Waals surface area contributed by atoms with Crippen LogP contribution >= 0.6 is 11.8 Å². The summed E-state index contributed by atoms with van der Waals surface area (Å²) < 4.78 is 13.2. The van der Waals surface area contributed by atoms with Gasteiger partial charge >= 0.3 is 0 Å². The van der Waals surface area contributed by atoms with Crippen molar-refractivity contribution >= 4 is 23.4 Å². The van der Waals surface area contributed by atoms with E-state index in [0.717, 1.165) is 5.75 Å². The van der Waals surface area contributed by atoms with Gasteiger partial charge < -0.3 is 11.1 Å². The summed E-state index contributed by atoms with van der Waals surface area (Å²) in [4.78, 5) is 11.5. The number of halogens is 1. The summed E-state index contributed by atoms with van der Waals surface area (Å²) in [6.07, 6.45) is 0. The Labute approximate surface area is 105 Å². The minimum atomic E-state index is -0.416. The smallest absolute Gasteiger partial charge is 0.234 e. The third-order valence-electron chi connectivity index (χ3n) is 2.19. The highest BCUT2D eigenvalue weighted by Gasteiger charge is 2.07. The first-order chi connectivity index (χ1) is 8.13. The van der Waals surface area contributed by atoms with E-state index >= 15 is 0 Å². The number of nitrogens with two attached hydrogens (primary N) is 1. The predicted octanol–water partition coefficient (Wildman–Crippen LogP) is 2.09. The van der Waals surface area contributed by atoms with Crippen molar-refractivity contribution < 1.29 is 9.18 Å². The molecule has 17 heavy (non-hydrogen) atoms. The summed E-state index contributed by atoms with van der Waals surface area (Å²) in [6, 6.07) is 6.13. The fourth-order valence-electron chi connectivity index (χ4n) is 1.17. The molecule has 1 unspecified atom stereocenters. The van der Waals surface area contributed by atoms with E-state index in [0.29, 0.717) is 18.2 Å². The number of nitrogens with one attached hydrogen (secondary N) is 1. The van der Waals surface area contributed by atoms with E-state index in [1.807, 2.05) is 6.92 Å². The van der Waals surface area contributed by atoms with Crippen molar-refractivity contribution in [3.63, 3.8) is 0 Å². The van der Waals surface area contributed by atoms with Gasteiger partial charge in [0.25, 0.3) is 0 Å². The van der Waals surface area contributed by atoms with Crippen molar-refractivity contribution in [1.29, 1.82) is 0 Å². The van der Waals surface area contributed by atoms with Crippen molar-refractivity contribution in [1.82, 2.24) is 0 Å². The second-order valence-electron chi connectivity index (χ2n) is 3.88. The van der Waals surface area contributed by atoms with Gasteiger partial charge in [-0.25, -0.2) is 4.39 Å². The zero-order valence-corrected chi connectivity index (χ0v) is 10.6. The van der Waals surface area contributed by atoms with E-state index in [2.05, 4.69) is 5.32 Å². The van der Waals surface area contributed by atoms with Gasteiger partial charge in [-0.3, -0.25) is 4.79 Å². The molecule has 94 valence electrons. The average molecular weight is 256 g/mol. The number of hydrogen-bond acceptors (Lipinski definition) is 3. The maximum absolute atomic E-state index is 13.2. The van der Waals surface area contributed by atoms with Crippen LogP contribution < -0.4 is 11.1 Å². The number of hydrogen-bond donors (Lipinski definition) is 2. The van der Waals surface area contributed by atoms with Gasteiger partial charge in [0.2, 0.25) is 5.91 Å². The molecule has 3 nitrogen and oxygen atoms in total. The Bertz CT molecular complexity index is 373. The molecule has 1 amide bonds. The molecule has 0 saturated heterocycles. The molecule has 1 atom stereocenters. The maximum atomic E-state index is 13.2. The summed E-state index contributed by atoms with van der Waals surface area (Å²) in [6.45, 7) is 2.64. The molecule has 5 heteroatoms. The molecule has 0 saturated carbocycles. The largest absolute Gasteiger partial charge is 0.330 e. The minimum absolute atomic E-state index is 0.190. The summed E-state index contributed by atoms with van der Waals surface area (Å²) >= 11 is 1.50. The van der Waals surface area contributed by atoms with Crippen molar-refractivity contribution in [2.75, 3.05) is 23.4 Å². The van der Waals surface area contributed by atoms with Crippen LogP contribution in [0.2, 0.25) is 0 Å². The van der Waals surface area contributed by atoms with E-state index < -0.39 is 5.82 Å². The van der Waals surface area contributed by atoms with Gasteiger partial charge in [-0.1, -0.05) is 19.1 Å². The van der Waals surface area contributed by atoms with Gasteiger partial charge in [-0.05, 0) is 30.3 Å². The molecule has 0 aliphatic rings. The average Bonchev–Trinajstić information content (AvgIpc) is 2.32. The Hall–Kier alpha value is -1.07. The van der Waals surface area contributed by atoms with Crippen LogP contribution in [0, 0.1) is 11.7 Å². The SMILES string of the molecule is CC(CN)CSCC(=O)Nc1ccccc1F.